The Bertz CT molecular complexity index is 757. The van der Waals surface area contributed by atoms with E-state index in [9.17, 15) is 4.79 Å². The molecule has 0 bridgehead atoms. The molecule has 1 unspecified atom stereocenters. The molecule has 1 aliphatic rings. The zero-order valence-corrected chi connectivity index (χ0v) is 15.5. The van der Waals surface area contributed by atoms with Crippen LogP contribution in [-0.2, 0) is 11.2 Å². The lowest BCUT2D eigenvalue weighted by atomic mass is 10.0. The molecule has 5 heteroatoms. The van der Waals surface area contributed by atoms with E-state index in [2.05, 4.69) is 0 Å². The molecule has 26 heavy (non-hydrogen) atoms. The highest BCUT2D eigenvalue weighted by Gasteiger charge is 2.30. The number of benzene rings is 2. The zero-order chi connectivity index (χ0) is 18.5. The van der Waals surface area contributed by atoms with E-state index in [1.807, 2.05) is 47.4 Å². The molecule has 138 valence electrons. The van der Waals surface area contributed by atoms with Crippen LogP contribution in [0.15, 0.2) is 42.5 Å². The standard InChI is InChI=1S/C21H25NO4/c1-24-17-9-6-15(7-10-17)13-21(23)22-12-4-5-18(22)16-8-11-19(25-2)20(14-16)26-3/h6-11,14,18H,4-5,12-13H2,1-3H3. The third-order valence-corrected chi connectivity index (χ3v) is 4.88. The van der Waals surface area contributed by atoms with Crippen LogP contribution in [0.5, 0.6) is 17.2 Å². The van der Waals surface area contributed by atoms with Crippen molar-refractivity contribution in [1.82, 2.24) is 4.90 Å². The summed E-state index contributed by atoms with van der Waals surface area (Å²) < 4.78 is 15.9. The van der Waals surface area contributed by atoms with E-state index in [1.165, 1.54) is 0 Å². The van der Waals surface area contributed by atoms with Crippen LogP contribution in [-0.4, -0.2) is 38.7 Å². The Morgan fingerprint density at radius 1 is 1.00 bits per heavy atom. The van der Waals surface area contributed by atoms with Crippen LogP contribution in [0.25, 0.3) is 0 Å². The second-order valence-electron chi connectivity index (χ2n) is 6.38. The highest BCUT2D eigenvalue weighted by Crippen LogP contribution is 2.37. The lowest BCUT2D eigenvalue weighted by molar-refractivity contribution is -0.131. The number of ether oxygens (including phenoxy) is 3. The topological polar surface area (TPSA) is 48.0 Å². The number of hydrogen-bond donors (Lipinski definition) is 0. The average molecular weight is 355 g/mol. The van der Waals surface area contributed by atoms with Gasteiger partial charge in [0.05, 0.1) is 33.8 Å². The van der Waals surface area contributed by atoms with Crippen LogP contribution < -0.4 is 14.2 Å². The summed E-state index contributed by atoms with van der Waals surface area (Å²) in [7, 11) is 4.89. The Kier molecular flexibility index (Phi) is 5.66. The smallest absolute Gasteiger partial charge is 0.227 e. The molecule has 0 N–H and O–H groups in total. The van der Waals surface area contributed by atoms with Crippen LogP contribution in [0.1, 0.15) is 30.0 Å². The molecule has 2 aromatic rings. The molecule has 0 aromatic heterocycles. The molecule has 1 aliphatic heterocycles. The number of amides is 1. The van der Waals surface area contributed by atoms with E-state index in [0.717, 1.165) is 36.3 Å². The maximum Gasteiger partial charge on any atom is 0.227 e. The van der Waals surface area contributed by atoms with Gasteiger partial charge in [0, 0.05) is 6.54 Å². The molecule has 1 heterocycles. The molecule has 2 aromatic carbocycles. The van der Waals surface area contributed by atoms with E-state index in [1.54, 1.807) is 21.3 Å². The number of nitrogens with zero attached hydrogens (tertiary/aromatic N) is 1. The molecular formula is C21H25NO4. The molecule has 5 nitrogen and oxygen atoms in total. The number of rotatable bonds is 6. The fraction of sp³-hybridized carbons (Fsp3) is 0.381. The summed E-state index contributed by atoms with van der Waals surface area (Å²) in [5.41, 5.74) is 2.08. The minimum Gasteiger partial charge on any atom is -0.497 e. The Balaban J connectivity index is 1.75. The summed E-state index contributed by atoms with van der Waals surface area (Å²) in [5.74, 6) is 2.34. The second-order valence-corrected chi connectivity index (χ2v) is 6.38. The zero-order valence-electron chi connectivity index (χ0n) is 15.5. The van der Waals surface area contributed by atoms with Crippen molar-refractivity contribution in [2.75, 3.05) is 27.9 Å². The minimum atomic E-state index is 0.0838. The first-order valence-corrected chi connectivity index (χ1v) is 8.80. The quantitative estimate of drug-likeness (QED) is 0.794. The first kappa shape index (κ1) is 18.1. The van der Waals surface area contributed by atoms with E-state index in [0.29, 0.717) is 17.9 Å². The lowest BCUT2D eigenvalue weighted by Crippen LogP contribution is -2.31. The fourth-order valence-corrected chi connectivity index (χ4v) is 3.49. The van der Waals surface area contributed by atoms with Gasteiger partial charge < -0.3 is 19.1 Å². The molecule has 1 saturated heterocycles. The predicted octanol–water partition coefficient (Wildman–Crippen LogP) is 3.62. The maximum absolute atomic E-state index is 12.9. The number of likely N-dealkylation sites (tertiary alicyclic amines) is 1. The predicted molar refractivity (Wildman–Crippen MR) is 99.9 cm³/mol. The highest BCUT2D eigenvalue weighted by atomic mass is 16.5. The number of hydrogen-bond acceptors (Lipinski definition) is 4. The number of carbonyl (C=O) groups is 1. The van der Waals surface area contributed by atoms with Gasteiger partial charge in [0.15, 0.2) is 11.5 Å². The summed E-state index contributed by atoms with van der Waals surface area (Å²) in [4.78, 5) is 14.8. The van der Waals surface area contributed by atoms with Gasteiger partial charge in [-0.05, 0) is 48.2 Å². The Hall–Kier alpha value is -2.69. The molecule has 0 saturated carbocycles. The molecule has 0 aliphatic carbocycles. The van der Waals surface area contributed by atoms with Crippen LogP contribution >= 0.6 is 0 Å². The molecule has 1 atom stereocenters. The van der Waals surface area contributed by atoms with Gasteiger partial charge in [-0.2, -0.15) is 0 Å². The summed E-state index contributed by atoms with van der Waals surface area (Å²) in [6, 6.07) is 13.6. The van der Waals surface area contributed by atoms with Gasteiger partial charge in [-0.1, -0.05) is 18.2 Å². The van der Waals surface area contributed by atoms with Gasteiger partial charge in [-0.15, -0.1) is 0 Å². The van der Waals surface area contributed by atoms with E-state index >= 15 is 0 Å². The first-order valence-electron chi connectivity index (χ1n) is 8.80. The van der Waals surface area contributed by atoms with Crippen LogP contribution in [0.4, 0.5) is 0 Å². The SMILES string of the molecule is COc1ccc(CC(=O)N2CCCC2c2ccc(OC)c(OC)c2)cc1. The van der Waals surface area contributed by atoms with Crippen molar-refractivity contribution in [3.05, 3.63) is 53.6 Å². The van der Waals surface area contributed by atoms with Crippen molar-refractivity contribution in [3.63, 3.8) is 0 Å². The van der Waals surface area contributed by atoms with E-state index < -0.39 is 0 Å². The van der Waals surface area contributed by atoms with Crippen LogP contribution in [0.2, 0.25) is 0 Å². The van der Waals surface area contributed by atoms with Crippen LogP contribution in [0.3, 0.4) is 0 Å². The molecule has 0 spiro atoms. The first-order chi connectivity index (χ1) is 12.7. The van der Waals surface area contributed by atoms with Crippen molar-refractivity contribution in [3.8, 4) is 17.2 Å². The van der Waals surface area contributed by atoms with Gasteiger partial charge in [0.25, 0.3) is 0 Å². The van der Waals surface area contributed by atoms with E-state index in [4.69, 9.17) is 14.2 Å². The molecular weight excluding hydrogens is 330 g/mol. The number of carbonyl (C=O) groups excluding carboxylic acids is 1. The van der Waals surface area contributed by atoms with Gasteiger partial charge in [-0.3, -0.25) is 4.79 Å². The fourth-order valence-electron chi connectivity index (χ4n) is 3.49. The van der Waals surface area contributed by atoms with E-state index in [-0.39, 0.29) is 11.9 Å². The Morgan fingerprint density at radius 3 is 2.38 bits per heavy atom. The molecule has 1 fully saturated rings. The highest BCUT2D eigenvalue weighted by molar-refractivity contribution is 5.79. The summed E-state index contributed by atoms with van der Waals surface area (Å²) in [6.45, 7) is 0.786. The van der Waals surface area contributed by atoms with Gasteiger partial charge >= 0.3 is 0 Å². The molecule has 3 rings (SSSR count). The van der Waals surface area contributed by atoms with Crippen molar-refractivity contribution >= 4 is 5.91 Å². The minimum absolute atomic E-state index is 0.0838. The normalized spacial score (nSPS) is 16.4. The Morgan fingerprint density at radius 2 is 1.73 bits per heavy atom. The molecule has 1 amide bonds. The summed E-state index contributed by atoms with van der Waals surface area (Å²) in [5, 5.41) is 0. The van der Waals surface area contributed by atoms with Crippen molar-refractivity contribution in [1.29, 1.82) is 0 Å². The second kappa shape index (κ2) is 8.13. The molecule has 0 radical (unpaired) electrons. The largest absolute Gasteiger partial charge is 0.497 e. The van der Waals surface area contributed by atoms with Gasteiger partial charge in [0.1, 0.15) is 5.75 Å². The van der Waals surface area contributed by atoms with Crippen molar-refractivity contribution in [2.45, 2.75) is 25.3 Å². The summed E-state index contributed by atoms with van der Waals surface area (Å²) >= 11 is 0. The number of methoxy groups -OCH3 is 3. The lowest BCUT2D eigenvalue weighted by Gasteiger charge is -2.26. The third kappa shape index (κ3) is 3.77. The van der Waals surface area contributed by atoms with Crippen molar-refractivity contribution in [2.24, 2.45) is 0 Å². The van der Waals surface area contributed by atoms with Gasteiger partial charge in [0.2, 0.25) is 5.91 Å². The maximum atomic E-state index is 12.9. The van der Waals surface area contributed by atoms with Crippen molar-refractivity contribution < 1.29 is 19.0 Å². The Labute approximate surface area is 154 Å². The van der Waals surface area contributed by atoms with Gasteiger partial charge in [-0.25, -0.2) is 0 Å². The monoisotopic (exact) mass is 355 g/mol. The average Bonchev–Trinajstić information content (AvgIpc) is 3.18. The van der Waals surface area contributed by atoms with Crippen LogP contribution in [0, 0.1) is 0 Å². The summed E-state index contributed by atoms with van der Waals surface area (Å²) in [6.07, 6.45) is 2.37. The third-order valence-electron chi connectivity index (χ3n) is 4.88.